The van der Waals surface area contributed by atoms with E-state index in [-0.39, 0.29) is 0 Å². The predicted octanol–water partition coefficient (Wildman–Crippen LogP) is 1.90. The van der Waals surface area contributed by atoms with Crippen LogP contribution in [0, 0.1) is 0 Å². The second kappa shape index (κ2) is 4.56. The van der Waals surface area contributed by atoms with Crippen molar-refractivity contribution in [1.29, 1.82) is 0 Å². The predicted molar refractivity (Wildman–Crippen MR) is 66.6 cm³/mol. The van der Waals surface area contributed by atoms with Crippen LogP contribution in [0.5, 0.6) is 0 Å². The van der Waals surface area contributed by atoms with Crippen molar-refractivity contribution in [3.05, 3.63) is 35.4 Å². The van der Waals surface area contributed by atoms with Crippen molar-refractivity contribution in [2.24, 2.45) is 0 Å². The molecule has 1 aromatic rings. The normalized spacial score (nSPS) is 19.4. The van der Waals surface area contributed by atoms with E-state index >= 15 is 0 Å². The zero-order chi connectivity index (χ0) is 11.6. The van der Waals surface area contributed by atoms with Gasteiger partial charge in [0, 0.05) is 25.4 Å². The lowest BCUT2D eigenvalue weighted by Gasteiger charge is -2.24. The van der Waals surface area contributed by atoms with Gasteiger partial charge in [-0.05, 0) is 24.5 Å². The summed E-state index contributed by atoms with van der Waals surface area (Å²) in [7, 11) is 0. The van der Waals surface area contributed by atoms with Gasteiger partial charge in [0.25, 0.3) is 0 Å². The minimum atomic E-state index is -0.576. The molecular formula is C14H21NO. The van der Waals surface area contributed by atoms with E-state index in [0.717, 1.165) is 19.3 Å². The Balaban J connectivity index is 1.98. The van der Waals surface area contributed by atoms with E-state index in [2.05, 4.69) is 31.3 Å². The van der Waals surface area contributed by atoms with Crippen LogP contribution in [0.1, 0.15) is 31.4 Å². The summed E-state index contributed by atoms with van der Waals surface area (Å²) in [4.78, 5) is 0. The zero-order valence-corrected chi connectivity index (χ0v) is 10.2. The maximum atomic E-state index is 10.5. The largest absolute Gasteiger partial charge is 0.388 e. The van der Waals surface area contributed by atoms with Gasteiger partial charge in [-0.2, -0.15) is 0 Å². The highest BCUT2D eigenvalue weighted by Crippen LogP contribution is 2.29. The fourth-order valence-electron chi connectivity index (χ4n) is 2.31. The lowest BCUT2D eigenvalue weighted by atomic mass is 10.00. The van der Waals surface area contributed by atoms with E-state index in [4.69, 9.17) is 0 Å². The summed E-state index contributed by atoms with van der Waals surface area (Å²) in [5.41, 5.74) is 2.03. The number of benzene rings is 1. The van der Waals surface area contributed by atoms with Crippen LogP contribution in [-0.4, -0.2) is 23.3 Å². The molecule has 2 rings (SSSR count). The molecule has 0 saturated heterocycles. The molecule has 0 spiro atoms. The van der Waals surface area contributed by atoms with Gasteiger partial charge >= 0.3 is 0 Å². The third-order valence-corrected chi connectivity index (χ3v) is 3.55. The Labute approximate surface area is 97.7 Å². The Morgan fingerprint density at radius 2 is 1.88 bits per heavy atom. The summed E-state index contributed by atoms with van der Waals surface area (Å²) < 4.78 is 0. The first-order valence-electron chi connectivity index (χ1n) is 6.15. The van der Waals surface area contributed by atoms with Gasteiger partial charge in [0.05, 0.1) is 5.60 Å². The Bertz CT molecular complexity index is 337. The van der Waals surface area contributed by atoms with Crippen LogP contribution in [0.3, 0.4) is 0 Å². The maximum Gasteiger partial charge on any atom is 0.0852 e. The maximum absolute atomic E-state index is 10.5. The van der Waals surface area contributed by atoms with Crippen molar-refractivity contribution in [2.45, 2.75) is 44.8 Å². The molecule has 0 aliphatic heterocycles. The van der Waals surface area contributed by atoms with Crippen LogP contribution in [-0.2, 0) is 12.8 Å². The first kappa shape index (κ1) is 11.6. The number of rotatable bonds is 4. The molecule has 0 bridgehead atoms. The summed E-state index contributed by atoms with van der Waals surface area (Å²) in [6.45, 7) is 5.01. The van der Waals surface area contributed by atoms with E-state index in [0.29, 0.717) is 12.6 Å². The molecule has 0 fully saturated rings. The van der Waals surface area contributed by atoms with Crippen LogP contribution >= 0.6 is 0 Å². The van der Waals surface area contributed by atoms with Crippen molar-refractivity contribution in [1.82, 2.24) is 5.32 Å². The van der Waals surface area contributed by atoms with Crippen molar-refractivity contribution in [3.8, 4) is 0 Å². The lowest BCUT2D eigenvalue weighted by molar-refractivity contribution is 0.0487. The molecule has 2 N–H and O–H groups in total. The van der Waals surface area contributed by atoms with Crippen LogP contribution in [0.2, 0.25) is 0 Å². The van der Waals surface area contributed by atoms with Gasteiger partial charge in [-0.15, -0.1) is 0 Å². The summed E-state index contributed by atoms with van der Waals surface area (Å²) in [5, 5.41) is 13.9. The molecule has 2 heteroatoms. The van der Waals surface area contributed by atoms with E-state index in [9.17, 15) is 5.11 Å². The third kappa shape index (κ3) is 2.45. The molecule has 1 unspecified atom stereocenters. The van der Waals surface area contributed by atoms with Crippen LogP contribution in [0.15, 0.2) is 24.3 Å². The topological polar surface area (TPSA) is 32.3 Å². The Hall–Kier alpha value is -0.860. The number of aliphatic hydroxyl groups is 1. The van der Waals surface area contributed by atoms with Gasteiger partial charge in [0.1, 0.15) is 0 Å². The number of fused-ring (bicyclic) bond motifs is 1. The van der Waals surface area contributed by atoms with Crippen molar-refractivity contribution in [3.63, 3.8) is 0 Å². The number of hydrogen-bond donors (Lipinski definition) is 2. The molecule has 2 nitrogen and oxygen atoms in total. The second-order valence-corrected chi connectivity index (χ2v) is 5.04. The summed E-state index contributed by atoms with van der Waals surface area (Å²) in [6, 6.07) is 8.82. The fourth-order valence-corrected chi connectivity index (χ4v) is 2.31. The smallest absolute Gasteiger partial charge is 0.0852 e. The second-order valence-electron chi connectivity index (χ2n) is 5.04. The molecule has 1 aromatic carbocycles. The summed E-state index contributed by atoms with van der Waals surface area (Å²) in [6.07, 6.45) is 2.67. The molecule has 88 valence electrons. The standard InChI is InChI=1S/C14H21NO/c1-3-11(2)15-10-14(16)8-12-6-4-5-7-13(12)9-14/h4-7,11,15-16H,3,8-10H2,1-2H3. The van der Waals surface area contributed by atoms with Crippen molar-refractivity contribution >= 4 is 0 Å². The Morgan fingerprint density at radius 1 is 1.31 bits per heavy atom. The SMILES string of the molecule is CCC(C)NCC1(O)Cc2ccccc2C1. The van der Waals surface area contributed by atoms with E-state index in [1.54, 1.807) is 0 Å². The van der Waals surface area contributed by atoms with Gasteiger partial charge in [-0.25, -0.2) is 0 Å². The van der Waals surface area contributed by atoms with Gasteiger partial charge in [0.2, 0.25) is 0 Å². The van der Waals surface area contributed by atoms with E-state index < -0.39 is 5.60 Å². The van der Waals surface area contributed by atoms with Gasteiger partial charge in [-0.3, -0.25) is 0 Å². The number of nitrogens with one attached hydrogen (secondary N) is 1. The third-order valence-electron chi connectivity index (χ3n) is 3.55. The average molecular weight is 219 g/mol. The Kier molecular flexibility index (Phi) is 3.31. The van der Waals surface area contributed by atoms with E-state index in [1.165, 1.54) is 11.1 Å². The number of hydrogen-bond acceptors (Lipinski definition) is 2. The first-order chi connectivity index (χ1) is 7.63. The minimum absolute atomic E-state index is 0.479. The first-order valence-corrected chi connectivity index (χ1v) is 6.15. The van der Waals surface area contributed by atoms with Crippen LogP contribution < -0.4 is 5.32 Å². The molecule has 1 aliphatic carbocycles. The summed E-state index contributed by atoms with van der Waals surface area (Å²) >= 11 is 0. The van der Waals surface area contributed by atoms with Crippen LogP contribution in [0.25, 0.3) is 0 Å². The molecule has 0 radical (unpaired) electrons. The molecule has 1 atom stereocenters. The molecule has 16 heavy (non-hydrogen) atoms. The molecule has 0 heterocycles. The lowest BCUT2D eigenvalue weighted by Crippen LogP contribution is -2.44. The van der Waals surface area contributed by atoms with Crippen molar-refractivity contribution in [2.75, 3.05) is 6.54 Å². The monoisotopic (exact) mass is 219 g/mol. The Morgan fingerprint density at radius 3 is 2.38 bits per heavy atom. The molecular weight excluding hydrogens is 198 g/mol. The molecule has 0 aromatic heterocycles. The van der Waals surface area contributed by atoms with E-state index in [1.807, 2.05) is 12.1 Å². The van der Waals surface area contributed by atoms with Gasteiger partial charge in [0.15, 0.2) is 0 Å². The van der Waals surface area contributed by atoms with Gasteiger partial charge < -0.3 is 10.4 Å². The highest BCUT2D eigenvalue weighted by atomic mass is 16.3. The fraction of sp³-hybridized carbons (Fsp3) is 0.571. The molecule has 0 saturated carbocycles. The summed E-state index contributed by atoms with van der Waals surface area (Å²) in [5.74, 6) is 0. The molecule has 1 aliphatic rings. The van der Waals surface area contributed by atoms with Crippen LogP contribution in [0.4, 0.5) is 0 Å². The highest BCUT2D eigenvalue weighted by molar-refractivity contribution is 5.35. The zero-order valence-electron chi connectivity index (χ0n) is 10.2. The molecule has 0 amide bonds. The minimum Gasteiger partial charge on any atom is -0.388 e. The average Bonchev–Trinajstić information content (AvgIpc) is 2.62. The quantitative estimate of drug-likeness (QED) is 0.810. The van der Waals surface area contributed by atoms with Gasteiger partial charge in [-0.1, -0.05) is 31.2 Å². The highest BCUT2D eigenvalue weighted by Gasteiger charge is 2.34. The van der Waals surface area contributed by atoms with Crippen molar-refractivity contribution < 1.29 is 5.11 Å².